The van der Waals surface area contributed by atoms with E-state index in [-0.39, 0.29) is 24.0 Å². The van der Waals surface area contributed by atoms with E-state index in [1.807, 2.05) is 0 Å². The van der Waals surface area contributed by atoms with Crippen molar-refractivity contribution in [3.63, 3.8) is 0 Å². The number of esters is 1. The van der Waals surface area contributed by atoms with Crippen molar-refractivity contribution in [2.75, 3.05) is 19.2 Å². The zero-order chi connectivity index (χ0) is 29.6. The highest BCUT2D eigenvalue weighted by Gasteiger charge is 2.18. The van der Waals surface area contributed by atoms with Crippen molar-refractivity contribution in [2.24, 2.45) is 5.10 Å². The third kappa shape index (κ3) is 6.78. The summed E-state index contributed by atoms with van der Waals surface area (Å²) in [5, 5.41) is 6.81. The van der Waals surface area contributed by atoms with Crippen molar-refractivity contribution in [1.82, 2.24) is 5.43 Å². The average Bonchev–Trinajstić information content (AvgIpc) is 3.47. The summed E-state index contributed by atoms with van der Waals surface area (Å²) in [4.78, 5) is 38.3. The lowest BCUT2D eigenvalue weighted by atomic mass is 10.1. The SMILES string of the molecule is COc1ccc(C(=O)Oc2c(Br)cc(Br)cc2C=NNC(=O)c2cccc(NC(=O)c3ccc4c(c3)OCO4)c2)cc1. The van der Waals surface area contributed by atoms with Crippen LogP contribution in [-0.4, -0.2) is 37.9 Å². The second-order valence-electron chi connectivity index (χ2n) is 8.73. The number of carbonyl (C=O) groups is 3. The van der Waals surface area contributed by atoms with Gasteiger partial charge >= 0.3 is 5.97 Å². The molecule has 0 aliphatic carbocycles. The Bertz CT molecular complexity index is 1710. The minimum absolute atomic E-state index is 0.106. The van der Waals surface area contributed by atoms with E-state index in [1.54, 1.807) is 72.8 Å². The van der Waals surface area contributed by atoms with Crippen LogP contribution in [0.25, 0.3) is 0 Å². The van der Waals surface area contributed by atoms with Gasteiger partial charge in [-0.15, -0.1) is 0 Å². The number of benzene rings is 4. The molecule has 0 unspecified atom stereocenters. The molecule has 0 spiro atoms. The van der Waals surface area contributed by atoms with Crippen LogP contribution in [-0.2, 0) is 0 Å². The third-order valence-corrected chi connectivity index (χ3v) is 6.99. The maximum Gasteiger partial charge on any atom is 0.343 e. The normalized spacial score (nSPS) is 11.7. The molecule has 5 rings (SSSR count). The van der Waals surface area contributed by atoms with Crippen molar-refractivity contribution in [3.8, 4) is 23.0 Å². The van der Waals surface area contributed by atoms with Crippen LogP contribution < -0.4 is 29.7 Å². The Balaban J connectivity index is 1.26. The molecule has 10 nitrogen and oxygen atoms in total. The van der Waals surface area contributed by atoms with Gasteiger partial charge in [0, 0.05) is 26.9 Å². The fraction of sp³-hybridized carbons (Fsp3) is 0.0667. The molecule has 212 valence electrons. The van der Waals surface area contributed by atoms with Gasteiger partial charge in [0.1, 0.15) is 5.75 Å². The number of anilines is 1. The minimum atomic E-state index is -0.584. The highest BCUT2D eigenvalue weighted by atomic mass is 79.9. The Hall–Kier alpha value is -4.68. The van der Waals surface area contributed by atoms with Crippen LogP contribution in [0.5, 0.6) is 23.0 Å². The third-order valence-electron chi connectivity index (χ3n) is 5.94. The molecule has 0 aromatic heterocycles. The van der Waals surface area contributed by atoms with Crippen LogP contribution in [0.3, 0.4) is 0 Å². The van der Waals surface area contributed by atoms with Gasteiger partial charge in [0.25, 0.3) is 11.8 Å². The van der Waals surface area contributed by atoms with Gasteiger partial charge < -0.3 is 24.3 Å². The Morgan fingerprint density at radius 1 is 0.857 bits per heavy atom. The fourth-order valence-corrected chi connectivity index (χ4v) is 5.21. The molecule has 1 aliphatic rings. The zero-order valence-corrected chi connectivity index (χ0v) is 25.0. The Morgan fingerprint density at radius 2 is 1.60 bits per heavy atom. The largest absolute Gasteiger partial charge is 0.497 e. The molecule has 2 amide bonds. The molecule has 0 atom stereocenters. The monoisotopic (exact) mass is 693 g/mol. The van der Waals surface area contributed by atoms with Crippen LogP contribution >= 0.6 is 31.9 Å². The summed E-state index contributed by atoms with van der Waals surface area (Å²) in [6.45, 7) is 0.106. The molecular weight excluding hydrogens is 674 g/mol. The van der Waals surface area contributed by atoms with Gasteiger partial charge in [-0.25, -0.2) is 10.2 Å². The number of carbonyl (C=O) groups excluding carboxylic acids is 3. The van der Waals surface area contributed by atoms with Gasteiger partial charge in [-0.05, 0) is 88.7 Å². The quantitative estimate of drug-likeness (QED) is 0.0977. The lowest BCUT2D eigenvalue weighted by Gasteiger charge is -2.11. The first-order valence-electron chi connectivity index (χ1n) is 12.3. The van der Waals surface area contributed by atoms with E-state index in [9.17, 15) is 14.4 Å². The number of rotatable bonds is 8. The lowest BCUT2D eigenvalue weighted by molar-refractivity contribution is 0.0732. The number of nitrogens with one attached hydrogen (secondary N) is 2. The van der Waals surface area contributed by atoms with E-state index in [4.69, 9.17) is 18.9 Å². The van der Waals surface area contributed by atoms with Crippen LogP contribution in [0.15, 0.2) is 92.9 Å². The zero-order valence-electron chi connectivity index (χ0n) is 21.9. The smallest absolute Gasteiger partial charge is 0.343 e. The first kappa shape index (κ1) is 28.8. The predicted octanol–water partition coefficient (Wildman–Crippen LogP) is 6.18. The first-order valence-corrected chi connectivity index (χ1v) is 13.9. The van der Waals surface area contributed by atoms with Gasteiger partial charge in [0.15, 0.2) is 17.2 Å². The van der Waals surface area contributed by atoms with Gasteiger partial charge in [-0.1, -0.05) is 22.0 Å². The van der Waals surface area contributed by atoms with Gasteiger partial charge in [-0.2, -0.15) is 5.10 Å². The number of fused-ring (bicyclic) bond motifs is 1. The standard InChI is InChI=1S/C30H21Br2N3O7/c1-39-23-8-5-17(6-9-23)30(38)42-27-20(11-21(31)14-24(27)32)15-33-35-29(37)18-3-2-4-22(12-18)34-28(36)19-7-10-25-26(13-19)41-16-40-25/h2-15H,16H2,1H3,(H,34,36)(H,35,37). The van der Waals surface area contributed by atoms with Crippen LogP contribution in [0, 0.1) is 0 Å². The highest BCUT2D eigenvalue weighted by molar-refractivity contribution is 9.11. The number of hydrogen-bond acceptors (Lipinski definition) is 8. The maximum absolute atomic E-state index is 12.8. The number of nitrogens with zero attached hydrogens (tertiary/aromatic N) is 1. The van der Waals surface area contributed by atoms with Crippen molar-refractivity contribution >= 4 is 61.5 Å². The molecule has 2 N–H and O–H groups in total. The van der Waals surface area contributed by atoms with E-state index in [0.29, 0.717) is 48.6 Å². The molecule has 0 saturated carbocycles. The molecule has 12 heteroatoms. The van der Waals surface area contributed by atoms with E-state index >= 15 is 0 Å². The molecule has 4 aromatic carbocycles. The van der Waals surface area contributed by atoms with Gasteiger partial charge in [-0.3, -0.25) is 9.59 Å². The van der Waals surface area contributed by atoms with Gasteiger partial charge in [0.2, 0.25) is 6.79 Å². The van der Waals surface area contributed by atoms with E-state index in [0.717, 1.165) is 0 Å². The Labute approximate surface area is 256 Å². The maximum atomic E-state index is 12.8. The number of ether oxygens (including phenoxy) is 4. The van der Waals surface area contributed by atoms with E-state index < -0.39 is 11.9 Å². The number of hydrazone groups is 1. The number of halogens is 2. The van der Waals surface area contributed by atoms with Crippen LogP contribution in [0.4, 0.5) is 5.69 Å². The molecule has 4 aromatic rings. The lowest BCUT2D eigenvalue weighted by Crippen LogP contribution is -2.18. The number of amides is 2. The topological polar surface area (TPSA) is 125 Å². The first-order chi connectivity index (χ1) is 20.3. The molecule has 42 heavy (non-hydrogen) atoms. The van der Waals surface area contributed by atoms with E-state index in [2.05, 4.69) is 47.7 Å². The minimum Gasteiger partial charge on any atom is -0.497 e. The summed E-state index contributed by atoms with van der Waals surface area (Å²) >= 11 is 6.82. The molecule has 1 heterocycles. The fourth-order valence-electron chi connectivity index (χ4n) is 3.87. The highest BCUT2D eigenvalue weighted by Crippen LogP contribution is 2.34. The molecule has 0 bridgehead atoms. The molecule has 0 saturated heterocycles. The molecular formula is C30H21Br2N3O7. The molecule has 0 radical (unpaired) electrons. The predicted molar refractivity (Wildman–Crippen MR) is 162 cm³/mol. The molecule has 0 fully saturated rings. The summed E-state index contributed by atoms with van der Waals surface area (Å²) in [7, 11) is 1.54. The van der Waals surface area contributed by atoms with Crippen molar-refractivity contribution in [1.29, 1.82) is 0 Å². The second-order valence-corrected chi connectivity index (χ2v) is 10.5. The van der Waals surface area contributed by atoms with Crippen LogP contribution in [0.2, 0.25) is 0 Å². The summed E-state index contributed by atoms with van der Waals surface area (Å²) in [6, 6.07) is 21.2. The number of methoxy groups -OCH3 is 1. The summed E-state index contributed by atoms with van der Waals surface area (Å²) in [5.74, 6) is 0.409. The van der Waals surface area contributed by atoms with E-state index in [1.165, 1.54) is 19.4 Å². The Morgan fingerprint density at radius 3 is 2.38 bits per heavy atom. The Kier molecular flexibility index (Phi) is 8.84. The average molecular weight is 695 g/mol. The van der Waals surface area contributed by atoms with Gasteiger partial charge in [0.05, 0.1) is 23.4 Å². The van der Waals surface area contributed by atoms with Crippen molar-refractivity contribution in [2.45, 2.75) is 0 Å². The molecule has 1 aliphatic heterocycles. The summed E-state index contributed by atoms with van der Waals surface area (Å²) in [5.41, 5.74) is 4.25. The van der Waals surface area contributed by atoms with Crippen molar-refractivity contribution < 1.29 is 33.3 Å². The number of hydrogen-bond donors (Lipinski definition) is 2. The van der Waals surface area contributed by atoms with Crippen LogP contribution in [0.1, 0.15) is 36.6 Å². The van der Waals surface area contributed by atoms with Crippen molar-refractivity contribution in [3.05, 3.63) is 110 Å². The summed E-state index contributed by atoms with van der Waals surface area (Å²) < 4.78 is 22.6. The second kappa shape index (κ2) is 12.9. The summed E-state index contributed by atoms with van der Waals surface area (Å²) in [6.07, 6.45) is 1.36.